The second-order valence-electron chi connectivity index (χ2n) is 31.8. The van der Waals surface area contributed by atoms with Crippen LogP contribution in [0.4, 0.5) is 17.6 Å². The van der Waals surface area contributed by atoms with E-state index in [0.29, 0.717) is 49.7 Å². The molecule has 107 heavy (non-hydrogen) atoms. The van der Waals surface area contributed by atoms with E-state index < -0.39 is 191 Å². The van der Waals surface area contributed by atoms with Crippen molar-refractivity contribution in [3.05, 3.63) is 82.2 Å². The van der Waals surface area contributed by atoms with E-state index in [1.807, 2.05) is 19.9 Å². The van der Waals surface area contributed by atoms with Crippen LogP contribution in [-0.2, 0) is 94.1 Å². The number of ketones is 1. The van der Waals surface area contributed by atoms with Crippen LogP contribution in [0.5, 0.6) is 0 Å². The summed E-state index contributed by atoms with van der Waals surface area (Å²) in [5, 5.41) is 8.84. The number of halogens is 4. The third kappa shape index (κ3) is 19.8. The number of ether oxygens (including phenoxy) is 1. The van der Waals surface area contributed by atoms with Crippen molar-refractivity contribution in [1.82, 2.24) is 55.1 Å². The first-order valence-corrected chi connectivity index (χ1v) is 38.1. The molecule has 2 unspecified atom stereocenters. The van der Waals surface area contributed by atoms with Gasteiger partial charge in [-0.15, -0.1) is 0 Å². The molecule has 2 bridgehead atoms. The zero-order valence-electron chi connectivity index (χ0n) is 64.9. The average Bonchev–Trinajstić information content (AvgIpc) is 1.20. The minimum Gasteiger partial charge on any atom is -0.378 e. The standard InChI is InChI=1S/C79H113F4N11O13/c1-15-24-59-70(100)85-66(47(4)16-2)74(104)89(10)44-65(97)91(12)60-29-19-18-22-36-94(73(60)103)62(39-48-30-33-52(34-31-48)79(81,82)83)72(102)88(9)43-63(95)84-58(35-32-49-37-51-27-23-28-54(51)57(80)38-49)68(98)55-40-53(107-17-3)41-56(55)69(99)86-78(45-77(5,6)46-78)76(106)93(14)67(50-25-20-21-26-50)75(105)92(13)61(71(101)87(7)8)42-64(96)90(59)11/h18-19,30-31,33-34,37-38,47,50,53,55-56,58-62,66-67H,15-17,20-29,32,35-36,39-46H2,1-14H3,(H,84,95)(H,85,100)(H,86,99)/b19-18-/t47-,53-,55?,56+,58-,59-,60-,61-,62-,66?,67-/m0/s1. The Morgan fingerprint density at radius 3 is 1.98 bits per heavy atom. The summed E-state index contributed by atoms with van der Waals surface area (Å²) in [6, 6.07) is -2.09. The molecule has 11 amide bonds. The predicted octanol–water partition coefficient (Wildman–Crippen LogP) is 6.45. The van der Waals surface area contributed by atoms with Crippen LogP contribution in [0.1, 0.15) is 172 Å². The molecule has 4 aliphatic carbocycles. The van der Waals surface area contributed by atoms with Gasteiger partial charge in [0, 0.05) is 81.9 Å². The van der Waals surface area contributed by atoms with Gasteiger partial charge in [-0.1, -0.05) is 90.7 Å². The van der Waals surface area contributed by atoms with Gasteiger partial charge in [0.15, 0.2) is 5.78 Å². The number of amides is 11. The average molecular weight is 1500 g/mol. The van der Waals surface area contributed by atoms with Crippen LogP contribution in [0.3, 0.4) is 0 Å². The summed E-state index contributed by atoms with van der Waals surface area (Å²) in [5.74, 6) is -12.1. The molecule has 0 aromatic heterocycles. The number of nitrogens with zero attached hydrogens (tertiary/aromatic N) is 8. The quantitative estimate of drug-likeness (QED) is 0.144. The number of alkyl halides is 3. The highest BCUT2D eigenvalue weighted by atomic mass is 19.4. The fourth-order valence-corrected chi connectivity index (χ4v) is 17.1. The largest absolute Gasteiger partial charge is 0.416 e. The molecular formula is C79H113F4N11O13. The van der Waals surface area contributed by atoms with E-state index in [4.69, 9.17) is 4.74 Å². The molecule has 2 aromatic carbocycles. The van der Waals surface area contributed by atoms with Gasteiger partial charge in [-0.2, -0.15) is 13.2 Å². The summed E-state index contributed by atoms with van der Waals surface area (Å²) in [6.45, 7) is 9.64. The molecular weight excluding hydrogens is 1390 g/mol. The van der Waals surface area contributed by atoms with E-state index in [1.54, 1.807) is 39.8 Å². The topological polar surface area (TPSA) is 276 Å². The van der Waals surface area contributed by atoms with Crippen LogP contribution in [0.25, 0.3) is 0 Å². The maximum atomic E-state index is 15.8. The highest BCUT2D eigenvalue weighted by Crippen LogP contribution is 2.50. The van der Waals surface area contributed by atoms with Crippen molar-refractivity contribution < 1.29 is 79.8 Å². The summed E-state index contributed by atoms with van der Waals surface area (Å²) in [4.78, 5) is 192. The number of rotatable bonds is 13. The van der Waals surface area contributed by atoms with Crippen molar-refractivity contribution in [1.29, 1.82) is 0 Å². The molecule has 11 atom stereocenters. The molecule has 24 nitrogen and oxygen atoms in total. The maximum absolute atomic E-state index is 15.8. The van der Waals surface area contributed by atoms with Gasteiger partial charge in [0.05, 0.1) is 43.1 Å². The molecule has 8 rings (SSSR count). The lowest BCUT2D eigenvalue weighted by molar-refractivity contribution is -0.161. The number of Topliss-reactive ketones (excluding diaryl/α,β-unsaturated/α-hetero) is 1. The van der Waals surface area contributed by atoms with Crippen LogP contribution in [-0.4, -0.2) is 247 Å². The Morgan fingerprint density at radius 1 is 0.710 bits per heavy atom. The smallest absolute Gasteiger partial charge is 0.378 e. The van der Waals surface area contributed by atoms with Crippen molar-refractivity contribution in [2.45, 2.75) is 230 Å². The number of aryl methyl sites for hydroxylation is 2. The number of hydrogen-bond acceptors (Lipinski definition) is 13. The molecule has 6 aliphatic rings. The van der Waals surface area contributed by atoms with Gasteiger partial charge in [-0.3, -0.25) is 57.5 Å². The molecule has 4 fully saturated rings. The van der Waals surface area contributed by atoms with Crippen molar-refractivity contribution in [3.8, 4) is 0 Å². The van der Waals surface area contributed by atoms with Gasteiger partial charge in [0.25, 0.3) is 0 Å². The molecule has 1 saturated heterocycles. The number of carbonyl (C=O) groups is 12. The molecule has 28 heteroatoms. The van der Waals surface area contributed by atoms with Crippen LogP contribution in [0.15, 0.2) is 48.6 Å². The molecule has 0 radical (unpaired) electrons. The second kappa shape index (κ2) is 35.8. The van der Waals surface area contributed by atoms with Crippen LogP contribution >= 0.6 is 0 Å². The third-order valence-corrected chi connectivity index (χ3v) is 23.2. The molecule has 3 N–H and O–H groups in total. The maximum Gasteiger partial charge on any atom is 0.416 e. The lowest BCUT2D eigenvalue weighted by Crippen LogP contribution is -2.71. The fraction of sp³-hybridized carbons (Fsp3) is 0.671. The van der Waals surface area contributed by atoms with E-state index in [-0.39, 0.29) is 82.9 Å². The Labute approximate surface area is 627 Å². The summed E-state index contributed by atoms with van der Waals surface area (Å²) in [6.07, 6.45) is 2.66. The minimum atomic E-state index is -4.72. The fourth-order valence-electron chi connectivity index (χ4n) is 17.1. The van der Waals surface area contributed by atoms with Gasteiger partial charge >= 0.3 is 6.18 Å². The number of hydrogen-bond donors (Lipinski definition) is 3. The normalized spacial score (nSPS) is 27.7. The lowest BCUT2D eigenvalue weighted by atomic mass is 9.58. The minimum absolute atomic E-state index is 0.0114. The monoisotopic (exact) mass is 1500 g/mol. The highest BCUT2D eigenvalue weighted by Gasteiger charge is 2.59. The third-order valence-electron chi connectivity index (χ3n) is 23.2. The number of likely N-dealkylation sites (N-methyl/N-ethyl adjacent to an activating group) is 7. The van der Waals surface area contributed by atoms with E-state index in [2.05, 4.69) is 16.0 Å². The summed E-state index contributed by atoms with van der Waals surface area (Å²) < 4.78 is 64.0. The van der Waals surface area contributed by atoms with Crippen LogP contribution in [0, 0.1) is 34.9 Å². The molecule has 2 aliphatic heterocycles. The number of nitrogens with one attached hydrogen (secondary N) is 3. The van der Waals surface area contributed by atoms with Gasteiger partial charge < -0.3 is 59.9 Å². The Kier molecular flexibility index (Phi) is 28.2. The Balaban J connectivity index is 1.22. The first kappa shape index (κ1) is 84.3. The molecule has 1 spiro atoms. The molecule has 3 saturated carbocycles. The Morgan fingerprint density at radius 2 is 1.36 bits per heavy atom. The second-order valence-corrected chi connectivity index (χ2v) is 31.8. The summed E-state index contributed by atoms with van der Waals surface area (Å²) >= 11 is 0. The van der Waals surface area contributed by atoms with Crippen LogP contribution in [0.2, 0.25) is 0 Å². The van der Waals surface area contributed by atoms with Crippen molar-refractivity contribution in [2.75, 3.05) is 82.6 Å². The number of benzene rings is 2. The van der Waals surface area contributed by atoms with E-state index in [0.717, 1.165) is 51.7 Å². The van der Waals surface area contributed by atoms with Crippen LogP contribution < -0.4 is 16.0 Å². The Hall–Kier alpha value is -8.30. The lowest BCUT2D eigenvalue weighted by Gasteiger charge is -2.54. The van der Waals surface area contributed by atoms with Crippen molar-refractivity contribution >= 4 is 70.8 Å². The van der Waals surface area contributed by atoms with Gasteiger partial charge in [0.2, 0.25) is 65.0 Å². The van der Waals surface area contributed by atoms with E-state index >= 15 is 33.2 Å². The number of carbonyl (C=O) groups excluding carboxylic acids is 12. The summed E-state index contributed by atoms with van der Waals surface area (Å²) in [7, 11) is 11.2. The molecule has 2 aromatic rings. The molecule has 590 valence electrons. The molecule has 2 heterocycles. The van der Waals surface area contributed by atoms with Gasteiger partial charge in [0.1, 0.15) is 47.6 Å². The zero-order chi connectivity index (χ0) is 78.9. The number of fused-ring (bicyclic) bond motifs is 4. The predicted molar refractivity (Wildman–Crippen MR) is 391 cm³/mol. The van der Waals surface area contributed by atoms with Crippen molar-refractivity contribution in [3.63, 3.8) is 0 Å². The van der Waals surface area contributed by atoms with E-state index in [1.165, 1.54) is 99.1 Å². The highest BCUT2D eigenvalue weighted by molar-refractivity contribution is 6.01. The van der Waals surface area contributed by atoms with Gasteiger partial charge in [-0.05, 0) is 155 Å². The summed E-state index contributed by atoms with van der Waals surface area (Å²) in [5.41, 5.74) is -0.945. The SMILES string of the molecule is CCC[C@H]1C(=O)NC([C@@H](C)CC)C(=O)N(C)CC(=O)N(C)[C@H]2C/C=C\CCN(C2=O)[C@@H](Cc2ccc(C(F)(F)F)cc2)C(=O)N(C)CC(=O)N[C@@H](CCc2cc(F)c3c(c2)CCC3)C(=O)C2C[C@H](OCC)C[C@H]2C(=O)NC2(CC(C)(C)C2)C(=O)N(C)[C@@H](C2CCCC2)C(=O)N(C)[C@H](C(=O)N(C)C)CC(=O)N1C. The first-order chi connectivity index (χ1) is 50.4. The van der Waals surface area contributed by atoms with Crippen molar-refractivity contribution in [2.24, 2.45) is 29.1 Å². The first-order valence-electron chi connectivity index (χ1n) is 38.1. The zero-order valence-corrected chi connectivity index (χ0v) is 64.9. The Bertz CT molecular complexity index is 3650. The van der Waals surface area contributed by atoms with E-state index in [9.17, 15) is 41.9 Å². The van der Waals surface area contributed by atoms with Gasteiger partial charge in [-0.25, -0.2) is 4.39 Å².